The first-order chi connectivity index (χ1) is 16.1. The number of rotatable bonds is 12. The molecule has 0 saturated carbocycles. The molecule has 3 amide bonds. The number of hydrogen-bond acceptors (Lipinski definition) is 8. The number of carboxylic acid groups (broad SMARTS) is 1. The summed E-state index contributed by atoms with van der Waals surface area (Å²) in [5, 5.41) is 36.1. The molecule has 186 valence electrons. The van der Waals surface area contributed by atoms with Crippen molar-refractivity contribution in [3.05, 3.63) is 36.0 Å². The van der Waals surface area contributed by atoms with E-state index in [0.717, 1.165) is 10.9 Å². The number of aliphatic hydroxyl groups excluding tert-OH is 2. The van der Waals surface area contributed by atoms with Gasteiger partial charge >= 0.3 is 5.97 Å². The van der Waals surface area contributed by atoms with Crippen LogP contribution in [0.2, 0.25) is 0 Å². The smallest absolute Gasteiger partial charge is 0.327 e. The minimum absolute atomic E-state index is 0.00226. The Labute approximate surface area is 200 Å². The highest BCUT2D eigenvalue weighted by atomic mass is 32.1. The monoisotopic (exact) mass is 495 g/mol. The second kappa shape index (κ2) is 12.4. The number of carboxylic acids is 1. The molecule has 2 aromatic rings. The van der Waals surface area contributed by atoms with Crippen molar-refractivity contribution in [3.8, 4) is 0 Å². The number of nitrogens with one attached hydrogen (secondary N) is 4. The normalized spacial score (nSPS) is 15.6. The lowest BCUT2D eigenvalue weighted by Gasteiger charge is -2.24. The van der Waals surface area contributed by atoms with Crippen LogP contribution in [-0.4, -0.2) is 86.6 Å². The van der Waals surface area contributed by atoms with E-state index in [4.69, 9.17) is 10.8 Å². The van der Waals surface area contributed by atoms with Gasteiger partial charge in [-0.25, -0.2) is 4.79 Å². The van der Waals surface area contributed by atoms with E-state index in [0.29, 0.717) is 5.56 Å². The zero-order chi connectivity index (χ0) is 25.4. The molecule has 0 fully saturated rings. The third-order valence-corrected chi connectivity index (χ3v) is 5.53. The van der Waals surface area contributed by atoms with E-state index in [-0.39, 0.29) is 12.2 Å². The lowest BCUT2D eigenvalue weighted by Crippen LogP contribution is -2.59. The number of thiol groups is 1. The summed E-state index contributed by atoms with van der Waals surface area (Å²) in [5.74, 6) is -4.08. The number of aromatic nitrogens is 1. The number of H-pyrrole nitrogens is 1. The molecule has 12 nitrogen and oxygen atoms in total. The number of aliphatic hydroxyl groups is 2. The Bertz CT molecular complexity index is 1030. The number of nitrogens with two attached hydrogens (primary N) is 1. The van der Waals surface area contributed by atoms with Gasteiger partial charge in [-0.3, -0.25) is 14.4 Å². The van der Waals surface area contributed by atoms with E-state index in [1.165, 1.54) is 6.92 Å². The first-order valence-electron chi connectivity index (χ1n) is 10.4. The zero-order valence-electron chi connectivity index (χ0n) is 18.4. The number of hydrogen-bond donors (Lipinski definition) is 9. The molecule has 1 heterocycles. The first kappa shape index (κ1) is 27.1. The van der Waals surface area contributed by atoms with Crippen LogP contribution >= 0.6 is 12.6 Å². The minimum atomic E-state index is -1.48. The number of benzene rings is 1. The lowest BCUT2D eigenvalue weighted by molar-refractivity contribution is -0.142. The summed E-state index contributed by atoms with van der Waals surface area (Å²) in [5.41, 5.74) is 7.18. The molecule has 0 saturated heterocycles. The van der Waals surface area contributed by atoms with Crippen molar-refractivity contribution in [1.82, 2.24) is 20.9 Å². The Morgan fingerprint density at radius 1 is 1.03 bits per heavy atom. The molecule has 0 aliphatic rings. The molecule has 1 aromatic carbocycles. The Kier molecular flexibility index (Phi) is 9.86. The predicted octanol–water partition coefficient (Wildman–Crippen LogP) is -2.12. The van der Waals surface area contributed by atoms with Gasteiger partial charge in [-0.15, -0.1) is 0 Å². The van der Waals surface area contributed by atoms with Crippen LogP contribution in [0, 0.1) is 0 Å². The molecule has 5 atom stereocenters. The van der Waals surface area contributed by atoms with E-state index in [2.05, 4.69) is 33.6 Å². The summed E-state index contributed by atoms with van der Waals surface area (Å²) in [6.07, 6.45) is 0.496. The highest BCUT2D eigenvalue weighted by molar-refractivity contribution is 7.80. The molecule has 0 aliphatic carbocycles. The number of para-hydroxylation sites is 1. The largest absolute Gasteiger partial charge is 0.480 e. The number of aliphatic carboxylic acids is 1. The Balaban J connectivity index is 2.24. The van der Waals surface area contributed by atoms with Crippen molar-refractivity contribution >= 4 is 47.2 Å². The summed E-state index contributed by atoms with van der Waals surface area (Å²) >= 11 is 3.85. The maximum absolute atomic E-state index is 13.0. The van der Waals surface area contributed by atoms with Crippen LogP contribution in [0.3, 0.4) is 0 Å². The third kappa shape index (κ3) is 6.93. The van der Waals surface area contributed by atoms with Crippen molar-refractivity contribution < 1.29 is 34.5 Å². The predicted molar refractivity (Wildman–Crippen MR) is 126 cm³/mol. The van der Waals surface area contributed by atoms with E-state index in [9.17, 15) is 29.4 Å². The Hall–Kier alpha value is -3.13. The molecule has 2 rings (SSSR count). The molecule has 1 aromatic heterocycles. The van der Waals surface area contributed by atoms with Crippen molar-refractivity contribution in [2.45, 2.75) is 43.6 Å². The van der Waals surface area contributed by atoms with Crippen molar-refractivity contribution in [2.24, 2.45) is 5.73 Å². The van der Waals surface area contributed by atoms with Gasteiger partial charge in [0.15, 0.2) is 0 Å². The highest BCUT2D eigenvalue weighted by Gasteiger charge is 2.31. The second-order valence-corrected chi connectivity index (χ2v) is 8.08. The average molecular weight is 496 g/mol. The standard InChI is InChI=1S/C21H29N5O7S/c1-10(28)17(22)20(31)24-14(6-11-7-23-13-5-3-2-4-12(11)13)18(29)25-15(8-27)19(30)26-16(9-34)21(32)33/h2-5,7,10,14-17,23,27-28,34H,6,8-9,22H2,1H3,(H,24,31)(H,25,29)(H,26,30)(H,32,33)/t10-,14+,15+,16+,17+/m1/s1. The van der Waals surface area contributed by atoms with Crippen LogP contribution in [0.4, 0.5) is 0 Å². The molecule has 0 aliphatic heterocycles. The SMILES string of the molecule is C[C@@H](O)[C@H](N)C(=O)N[C@@H](Cc1c[nH]c2ccccc12)C(=O)N[C@@H](CO)C(=O)N[C@@H](CS)C(=O)O. The van der Waals surface area contributed by atoms with Crippen molar-refractivity contribution in [2.75, 3.05) is 12.4 Å². The maximum atomic E-state index is 13.0. The van der Waals surface area contributed by atoms with Gasteiger partial charge in [0.1, 0.15) is 24.2 Å². The third-order valence-electron chi connectivity index (χ3n) is 5.17. The van der Waals surface area contributed by atoms with Crippen LogP contribution in [0.25, 0.3) is 10.9 Å². The minimum Gasteiger partial charge on any atom is -0.480 e. The molecule has 34 heavy (non-hydrogen) atoms. The van der Waals surface area contributed by atoms with Gasteiger partial charge < -0.3 is 42.0 Å². The average Bonchev–Trinajstić information content (AvgIpc) is 3.22. The quantitative estimate of drug-likeness (QED) is 0.148. The summed E-state index contributed by atoms with van der Waals surface area (Å²) in [4.78, 5) is 52.1. The van der Waals surface area contributed by atoms with E-state index in [1.807, 2.05) is 24.3 Å². The van der Waals surface area contributed by atoms with E-state index < -0.39 is 60.6 Å². The summed E-state index contributed by atoms with van der Waals surface area (Å²) in [6, 6.07) is 1.96. The molecule has 13 heteroatoms. The van der Waals surface area contributed by atoms with Crippen LogP contribution in [-0.2, 0) is 25.6 Å². The number of aromatic amines is 1. The molecule has 0 bridgehead atoms. The molecule has 9 N–H and O–H groups in total. The van der Waals surface area contributed by atoms with E-state index in [1.54, 1.807) is 6.20 Å². The fraction of sp³-hybridized carbons (Fsp3) is 0.429. The topological polar surface area (TPSA) is 207 Å². The van der Waals surface area contributed by atoms with Crippen LogP contribution in [0.5, 0.6) is 0 Å². The van der Waals surface area contributed by atoms with Crippen LogP contribution < -0.4 is 21.7 Å². The Morgan fingerprint density at radius 2 is 1.62 bits per heavy atom. The molecular formula is C21H29N5O7S. The van der Waals surface area contributed by atoms with Gasteiger partial charge in [0, 0.05) is 29.3 Å². The molecule has 0 radical (unpaired) electrons. The van der Waals surface area contributed by atoms with Crippen LogP contribution in [0.15, 0.2) is 30.5 Å². The van der Waals surface area contributed by atoms with Crippen LogP contribution in [0.1, 0.15) is 12.5 Å². The summed E-state index contributed by atoms with van der Waals surface area (Å²) < 4.78 is 0. The van der Waals surface area contributed by atoms with Gasteiger partial charge in [-0.05, 0) is 18.6 Å². The van der Waals surface area contributed by atoms with Gasteiger partial charge in [-0.2, -0.15) is 12.6 Å². The fourth-order valence-corrected chi connectivity index (χ4v) is 3.39. The fourth-order valence-electron chi connectivity index (χ4n) is 3.14. The number of amides is 3. The van der Waals surface area contributed by atoms with Gasteiger partial charge in [0.2, 0.25) is 17.7 Å². The van der Waals surface area contributed by atoms with Crippen molar-refractivity contribution in [3.63, 3.8) is 0 Å². The first-order valence-corrected chi connectivity index (χ1v) is 11.1. The van der Waals surface area contributed by atoms with E-state index >= 15 is 0 Å². The van der Waals surface area contributed by atoms with Gasteiger partial charge in [-0.1, -0.05) is 18.2 Å². The van der Waals surface area contributed by atoms with Crippen molar-refractivity contribution in [1.29, 1.82) is 0 Å². The lowest BCUT2D eigenvalue weighted by atomic mass is 10.0. The van der Waals surface area contributed by atoms with Gasteiger partial charge in [0.25, 0.3) is 0 Å². The summed E-state index contributed by atoms with van der Waals surface area (Å²) in [7, 11) is 0. The number of fused-ring (bicyclic) bond motifs is 1. The van der Waals surface area contributed by atoms with Gasteiger partial charge in [0.05, 0.1) is 12.7 Å². The second-order valence-electron chi connectivity index (χ2n) is 7.72. The number of carbonyl (C=O) groups is 4. The molecular weight excluding hydrogens is 466 g/mol. The Morgan fingerprint density at radius 3 is 2.21 bits per heavy atom. The number of carbonyl (C=O) groups excluding carboxylic acids is 3. The molecule has 0 unspecified atom stereocenters. The molecule has 0 spiro atoms. The summed E-state index contributed by atoms with van der Waals surface area (Å²) in [6.45, 7) is 0.503. The highest BCUT2D eigenvalue weighted by Crippen LogP contribution is 2.19. The zero-order valence-corrected chi connectivity index (χ0v) is 19.3. The maximum Gasteiger partial charge on any atom is 0.327 e.